The molecule has 0 aliphatic heterocycles. The van der Waals surface area contributed by atoms with Gasteiger partial charge in [0.15, 0.2) is 10.9 Å². The van der Waals surface area contributed by atoms with E-state index in [0.29, 0.717) is 29.9 Å². The molecule has 0 unspecified atom stereocenters. The van der Waals surface area contributed by atoms with Gasteiger partial charge in [-0.15, -0.1) is 0 Å². The van der Waals surface area contributed by atoms with Crippen LogP contribution in [-0.2, 0) is 17.7 Å². The van der Waals surface area contributed by atoms with Gasteiger partial charge >= 0.3 is 0 Å². The van der Waals surface area contributed by atoms with E-state index in [1.165, 1.54) is 43.9 Å². The Bertz CT molecular complexity index is 1080. The Balaban J connectivity index is 1.43. The molecule has 4 rings (SSSR count). The summed E-state index contributed by atoms with van der Waals surface area (Å²) >= 11 is 1.53. The molecule has 1 aliphatic carbocycles. The Kier molecular flexibility index (Phi) is 7.66. The molecule has 7 nitrogen and oxygen atoms in total. The van der Waals surface area contributed by atoms with Crippen LogP contribution < -0.4 is 10.2 Å². The summed E-state index contributed by atoms with van der Waals surface area (Å²) < 4.78 is 11.0. The van der Waals surface area contributed by atoms with Gasteiger partial charge in [-0.1, -0.05) is 51.8 Å². The summed E-state index contributed by atoms with van der Waals surface area (Å²) in [5.41, 5.74) is 0.949. The molecule has 0 aromatic carbocycles. The minimum atomic E-state index is -0.268. The SMILES string of the molecule is CN(c1cc(C(C)(C)C)nc(SCc2ccc(C(=O)NCc3ccco3)o2)n1)C1CCCCC1. The van der Waals surface area contributed by atoms with Gasteiger partial charge in [0, 0.05) is 24.6 Å². The van der Waals surface area contributed by atoms with Gasteiger partial charge < -0.3 is 19.1 Å². The Morgan fingerprint density at radius 1 is 1.15 bits per heavy atom. The first-order valence-electron chi connectivity index (χ1n) is 11.9. The molecule has 34 heavy (non-hydrogen) atoms. The van der Waals surface area contributed by atoms with Crippen molar-refractivity contribution in [2.45, 2.75) is 81.8 Å². The standard InChI is InChI=1S/C26H34N4O3S/c1-26(2,3)22-15-23(30(4)18-9-6-5-7-10-18)29-25(28-22)34-17-20-12-13-21(33-20)24(31)27-16-19-11-8-14-32-19/h8,11-15,18H,5-7,9-10,16-17H2,1-4H3,(H,27,31). The largest absolute Gasteiger partial charge is 0.467 e. The maximum absolute atomic E-state index is 12.4. The molecule has 1 amide bonds. The molecule has 0 atom stereocenters. The van der Waals surface area contributed by atoms with E-state index in [0.717, 1.165) is 16.7 Å². The van der Waals surface area contributed by atoms with Crippen molar-refractivity contribution in [2.24, 2.45) is 0 Å². The van der Waals surface area contributed by atoms with Crippen molar-refractivity contribution >= 4 is 23.5 Å². The monoisotopic (exact) mass is 482 g/mol. The van der Waals surface area contributed by atoms with Gasteiger partial charge in [0.25, 0.3) is 5.91 Å². The predicted octanol–water partition coefficient (Wildman–Crippen LogP) is 5.95. The van der Waals surface area contributed by atoms with Crippen molar-refractivity contribution in [1.29, 1.82) is 0 Å². The summed E-state index contributed by atoms with van der Waals surface area (Å²) in [6, 6.07) is 9.79. The smallest absolute Gasteiger partial charge is 0.287 e. The predicted molar refractivity (Wildman–Crippen MR) is 134 cm³/mol. The molecule has 0 saturated heterocycles. The zero-order valence-electron chi connectivity index (χ0n) is 20.5. The van der Waals surface area contributed by atoms with E-state index in [4.69, 9.17) is 18.8 Å². The van der Waals surface area contributed by atoms with E-state index < -0.39 is 0 Å². The van der Waals surface area contributed by atoms with Crippen molar-refractivity contribution in [3.63, 3.8) is 0 Å². The van der Waals surface area contributed by atoms with Crippen LogP contribution in [0.3, 0.4) is 0 Å². The summed E-state index contributed by atoms with van der Waals surface area (Å²) in [5.74, 6) is 2.94. The van der Waals surface area contributed by atoms with Crippen LogP contribution in [0.1, 0.15) is 80.6 Å². The summed E-state index contributed by atoms with van der Waals surface area (Å²) in [7, 11) is 2.15. The van der Waals surface area contributed by atoms with Crippen LogP contribution in [0.25, 0.3) is 0 Å². The van der Waals surface area contributed by atoms with Crippen molar-refractivity contribution in [2.75, 3.05) is 11.9 Å². The second-order valence-corrected chi connectivity index (χ2v) is 10.8. The third-order valence-corrected chi connectivity index (χ3v) is 7.05. The van der Waals surface area contributed by atoms with Gasteiger partial charge in [-0.05, 0) is 37.1 Å². The van der Waals surface area contributed by atoms with Crippen molar-refractivity contribution in [1.82, 2.24) is 15.3 Å². The summed E-state index contributed by atoms with van der Waals surface area (Å²) in [4.78, 5) is 24.4. The van der Waals surface area contributed by atoms with Gasteiger partial charge in [0.2, 0.25) is 0 Å². The lowest BCUT2D eigenvalue weighted by molar-refractivity contribution is 0.0919. The molecular weight excluding hydrogens is 448 g/mol. The van der Waals surface area contributed by atoms with Crippen LogP contribution in [0.5, 0.6) is 0 Å². The van der Waals surface area contributed by atoms with Crippen molar-refractivity contribution < 1.29 is 13.6 Å². The Labute approximate surface area is 205 Å². The molecule has 1 fully saturated rings. The number of carbonyl (C=O) groups is 1. The maximum atomic E-state index is 12.4. The quantitative estimate of drug-likeness (QED) is 0.314. The average molecular weight is 483 g/mol. The normalized spacial score (nSPS) is 14.8. The third kappa shape index (κ3) is 6.23. The van der Waals surface area contributed by atoms with Gasteiger partial charge in [-0.25, -0.2) is 9.97 Å². The second-order valence-electron chi connectivity index (χ2n) is 9.86. The molecule has 8 heteroatoms. The van der Waals surface area contributed by atoms with Gasteiger partial charge in [0.1, 0.15) is 17.3 Å². The van der Waals surface area contributed by atoms with Gasteiger partial charge in [0.05, 0.1) is 24.3 Å². The van der Waals surface area contributed by atoms with E-state index in [9.17, 15) is 4.79 Å². The number of nitrogens with one attached hydrogen (secondary N) is 1. The zero-order chi connectivity index (χ0) is 24.1. The molecule has 3 heterocycles. The van der Waals surface area contributed by atoms with E-state index >= 15 is 0 Å². The fourth-order valence-electron chi connectivity index (χ4n) is 4.08. The first-order valence-corrected chi connectivity index (χ1v) is 12.9. The zero-order valence-corrected chi connectivity index (χ0v) is 21.3. The summed E-state index contributed by atoms with van der Waals surface area (Å²) in [6.45, 7) is 6.85. The highest BCUT2D eigenvalue weighted by Gasteiger charge is 2.24. The fourth-order valence-corrected chi connectivity index (χ4v) is 4.83. The Morgan fingerprint density at radius 2 is 1.94 bits per heavy atom. The number of furan rings is 2. The molecule has 182 valence electrons. The topological polar surface area (TPSA) is 84.4 Å². The van der Waals surface area contributed by atoms with Crippen LogP contribution in [0.4, 0.5) is 5.82 Å². The molecule has 3 aromatic rings. The van der Waals surface area contributed by atoms with Crippen LogP contribution in [0, 0.1) is 0 Å². The number of anilines is 1. The molecule has 1 N–H and O–H groups in total. The van der Waals surface area contributed by atoms with Gasteiger partial charge in [-0.3, -0.25) is 4.79 Å². The number of hydrogen-bond acceptors (Lipinski definition) is 7. The summed E-state index contributed by atoms with van der Waals surface area (Å²) in [6.07, 6.45) is 7.90. The van der Waals surface area contributed by atoms with E-state index in [-0.39, 0.29) is 17.1 Å². The molecule has 0 bridgehead atoms. The van der Waals surface area contributed by atoms with E-state index in [1.54, 1.807) is 18.4 Å². The lowest BCUT2D eigenvalue weighted by Crippen LogP contribution is -2.34. The average Bonchev–Trinajstić information content (AvgIpc) is 3.53. The number of thioether (sulfide) groups is 1. The van der Waals surface area contributed by atoms with E-state index in [2.05, 4.69) is 44.1 Å². The van der Waals surface area contributed by atoms with Crippen LogP contribution in [0.15, 0.2) is 50.6 Å². The lowest BCUT2D eigenvalue weighted by atomic mass is 9.91. The number of rotatable bonds is 8. The molecule has 1 saturated carbocycles. The third-order valence-electron chi connectivity index (χ3n) is 6.18. The maximum Gasteiger partial charge on any atom is 0.287 e. The first kappa shape index (κ1) is 24.4. The van der Waals surface area contributed by atoms with E-state index in [1.807, 2.05) is 12.1 Å². The highest BCUT2D eigenvalue weighted by molar-refractivity contribution is 7.98. The van der Waals surface area contributed by atoms with Crippen LogP contribution >= 0.6 is 11.8 Å². The number of carbonyl (C=O) groups excluding carboxylic acids is 1. The molecular formula is C26H34N4O3S. The number of hydrogen-bond donors (Lipinski definition) is 1. The summed E-state index contributed by atoms with van der Waals surface area (Å²) in [5, 5.41) is 3.53. The minimum Gasteiger partial charge on any atom is -0.467 e. The molecule has 3 aromatic heterocycles. The number of amides is 1. The van der Waals surface area contributed by atoms with Crippen molar-refractivity contribution in [3.05, 3.63) is 59.6 Å². The highest BCUT2D eigenvalue weighted by Crippen LogP contribution is 2.31. The second kappa shape index (κ2) is 10.7. The van der Waals surface area contributed by atoms with Crippen LogP contribution in [0.2, 0.25) is 0 Å². The Morgan fingerprint density at radius 3 is 2.65 bits per heavy atom. The first-order chi connectivity index (χ1) is 16.3. The molecule has 1 aliphatic rings. The number of nitrogens with zero attached hydrogens (tertiary/aromatic N) is 3. The fraction of sp³-hybridized carbons (Fsp3) is 0.500. The van der Waals surface area contributed by atoms with Crippen molar-refractivity contribution in [3.8, 4) is 0 Å². The molecule has 0 spiro atoms. The molecule has 0 radical (unpaired) electrons. The van der Waals surface area contributed by atoms with Gasteiger partial charge in [-0.2, -0.15) is 0 Å². The minimum absolute atomic E-state index is 0.0790. The number of aromatic nitrogens is 2. The Hall–Kier alpha value is -2.74. The lowest BCUT2D eigenvalue weighted by Gasteiger charge is -2.33. The van der Waals surface area contributed by atoms with Crippen LogP contribution in [-0.4, -0.2) is 29.0 Å². The highest BCUT2D eigenvalue weighted by atomic mass is 32.2.